The van der Waals surface area contributed by atoms with E-state index in [9.17, 15) is 37.1 Å². The Morgan fingerprint density at radius 2 is 1.63 bits per heavy atom. The summed E-state index contributed by atoms with van der Waals surface area (Å²) in [4.78, 5) is 65.3. The van der Waals surface area contributed by atoms with Crippen LogP contribution in [0.25, 0.3) is 5.69 Å². The average molecular weight is 584 g/mol. The summed E-state index contributed by atoms with van der Waals surface area (Å²) in [6, 6.07) is 0.466. The SMILES string of the molecule is COC(=O)N[C@H](C(=O)N1CCC[C@H]1C(=O)N[C@H](C(=O)c1nn(-c2ccc(C(F)(F)F)cc2)c(=O)o1)C(C)C)C(C)C. The number of methoxy groups -OCH3 is 1. The number of rotatable bonds is 9. The van der Waals surface area contributed by atoms with Crippen LogP contribution in [0.15, 0.2) is 33.5 Å². The summed E-state index contributed by atoms with van der Waals surface area (Å²) in [7, 11) is 1.17. The molecule has 0 unspecified atom stereocenters. The van der Waals surface area contributed by atoms with Crippen molar-refractivity contribution in [1.82, 2.24) is 25.3 Å². The topological polar surface area (TPSA) is 153 Å². The predicted molar refractivity (Wildman–Crippen MR) is 137 cm³/mol. The molecule has 2 aromatic rings. The van der Waals surface area contributed by atoms with Crippen LogP contribution in [-0.2, 0) is 20.5 Å². The summed E-state index contributed by atoms with van der Waals surface area (Å²) in [6.45, 7) is 7.00. The number of carbonyl (C=O) groups is 4. The van der Waals surface area contributed by atoms with E-state index in [1.54, 1.807) is 27.7 Å². The lowest BCUT2D eigenvalue weighted by Gasteiger charge is -2.31. The third kappa shape index (κ3) is 7.13. The van der Waals surface area contributed by atoms with Gasteiger partial charge in [0.05, 0.1) is 24.4 Å². The number of Topliss-reactive ketones (excluding diaryl/α,β-unsaturated/α-hetero) is 1. The molecule has 1 aromatic carbocycles. The fourth-order valence-corrected chi connectivity index (χ4v) is 4.43. The molecule has 1 fully saturated rings. The Morgan fingerprint density at radius 3 is 2.17 bits per heavy atom. The largest absolute Gasteiger partial charge is 0.453 e. The summed E-state index contributed by atoms with van der Waals surface area (Å²) >= 11 is 0. The van der Waals surface area contributed by atoms with E-state index in [2.05, 4.69) is 20.5 Å². The zero-order valence-electron chi connectivity index (χ0n) is 23.2. The first-order valence-electron chi connectivity index (χ1n) is 12.9. The summed E-state index contributed by atoms with van der Waals surface area (Å²) in [5, 5.41) is 8.95. The zero-order valence-corrected chi connectivity index (χ0v) is 23.2. The molecule has 41 heavy (non-hydrogen) atoms. The molecule has 1 aromatic heterocycles. The Hall–Kier alpha value is -4.17. The lowest BCUT2D eigenvalue weighted by Crippen LogP contribution is -2.57. The summed E-state index contributed by atoms with van der Waals surface area (Å²) in [5.74, 6) is -4.48. The number of ether oxygens (including phenoxy) is 1. The molecule has 0 aliphatic carbocycles. The molecule has 12 nitrogen and oxygen atoms in total. The van der Waals surface area contributed by atoms with Gasteiger partial charge in [0.1, 0.15) is 12.1 Å². The molecular formula is C26H32F3N5O7. The van der Waals surface area contributed by atoms with Crippen LogP contribution in [0.3, 0.4) is 0 Å². The fourth-order valence-electron chi connectivity index (χ4n) is 4.43. The maximum absolute atomic E-state index is 13.3. The second-order valence-corrected chi connectivity index (χ2v) is 10.3. The summed E-state index contributed by atoms with van der Waals surface area (Å²) in [6.07, 6.45) is -4.54. The third-order valence-corrected chi connectivity index (χ3v) is 6.67. The number of halogens is 3. The van der Waals surface area contributed by atoms with Crippen LogP contribution in [0, 0.1) is 11.8 Å². The smallest absolute Gasteiger partial charge is 0.442 e. The van der Waals surface area contributed by atoms with E-state index < -0.39 is 71.1 Å². The third-order valence-electron chi connectivity index (χ3n) is 6.67. The highest BCUT2D eigenvalue weighted by atomic mass is 19.4. The van der Waals surface area contributed by atoms with Crippen LogP contribution in [0.4, 0.5) is 18.0 Å². The van der Waals surface area contributed by atoms with E-state index in [0.717, 1.165) is 24.3 Å². The molecule has 3 atom stereocenters. The number of likely N-dealkylation sites (tertiary alicyclic amines) is 1. The second-order valence-electron chi connectivity index (χ2n) is 10.3. The molecule has 0 saturated carbocycles. The van der Waals surface area contributed by atoms with Gasteiger partial charge in [0.15, 0.2) is 0 Å². The molecule has 0 radical (unpaired) electrons. The molecule has 2 N–H and O–H groups in total. The molecule has 1 aliphatic heterocycles. The number of nitrogens with one attached hydrogen (secondary N) is 2. The first-order chi connectivity index (χ1) is 19.1. The highest BCUT2D eigenvalue weighted by Crippen LogP contribution is 2.29. The van der Waals surface area contributed by atoms with E-state index in [1.807, 2.05) is 0 Å². The average Bonchev–Trinajstić information content (AvgIpc) is 3.55. The summed E-state index contributed by atoms with van der Waals surface area (Å²) < 4.78 is 48.9. The van der Waals surface area contributed by atoms with Gasteiger partial charge in [-0.15, -0.1) is 5.10 Å². The number of nitrogens with zero attached hydrogens (tertiary/aromatic N) is 3. The fraction of sp³-hybridized carbons (Fsp3) is 0.538. The van der Waals surface area contributed by atoms with Crippen molar-refractivity contribution < 1.29 is 41.5 Å². The van der Waals surface area contributed by atoms with Gasteiger partial charge in [-0.1, -0.05) is 27.7 Å². The maximum atomic E-state index is 13.3. The number of benzene rings is 1. The highest BCUT2D eigenvalue weighted by Gasteiger charge is 2.41. The van der Waals surface area contributed by atoms with Crippen molar-refractivity contribution in [2.45, 2.75) is 64.8 Å². The van der Waals surface area contributed by atoms with Gasteiger partial charge in [-0.3, -0.25) is 14.4 Å². The Labute approximate surface area is 233 Å². The minimum atomic E-state index is -4.58. The van der Waals surface area contributed by atoms with Gasteiger partial charge in [-0.05, 0) is 48.9 Å². The molecule has 0 bridgehead atoms. The van der Waals surface area contributed by atoms with Crippen molar-refractivity contribution in [2.75, 3.05) is 13.7 Å². The van der Waals surface area contributed by atoms with Crippen LogP contribution >= 0.6 is 0 Å². The van der Waals surface area contributed by atoms with Crippen LogP contribution < -0.4 is 16.4 Å². The number of alkyl halides is 3. The molecule has 2 heterocycles. The Kier molecular flexibility index (Phi) is 9.61. The van der Waals surface area contributed by atoms with Crippen molar-refractivity contribution in [2.24, 2.45) is 11.8 Å². The van der Waals surface area contributed by atoms with Gasteiger partial charge >= 0.3 is 18.0 Å². The number of amides is 3. The van der Waals surface area contributed by atoms with Crippen molar-refractivity contribution in [3.63, 3.8) is 0 Å². The van der Waals surface area contributed by atoms with Crippen LogP contribution in [0.5, 0.6) is 0 Å². The highest BCUT2D eigenvalue weighted by molar-refractivity contribution is 6.00. The van der Waals surface area contributed by atoms with Crippen molar-refractivity contribution in [3.8, 4) is 5.69 Å². The number of carbonyl (C=O) groups excluding carboxylic acids is 4. The van der Waals surface area contributed by atoms with Crippen LogP contribution in [0.1, 0.15) is 56.8 Å². The van der Waals surface area contributed by atoms with Gasteiger partial charge in [-0.2, -0.15) is 17.9 Å². The molecule has 0 spiro atoms. The van der Waals surface area contributed by atoms with Crippen LogP contribution in [-0.4, -0.2) is 70.2 Å². The monoisotopic (exact) mass is 583 g/mol. The number of hydrogen-bond donors (Lipinski definition) is 2. The molecular weight excluding hydrogens is 551 g/mol. The first kappa shape index (κ1) is 31.4. The van der Waals surface area contributed by atoms with Gasteiger partial charge in [-0.25, -0.2) is 9.59 Å². The normalized spacial score (nSPS) is 16.9. The second kappa shape index (κ2) is 12.6. The van der Waals surface area contributed by atoms with E-state index in [1.165, 1.54) is 12.0 Å². The zero-order chi connectivity index (χ0) is 30.6. The lowest BCUT2D eigenvalue weighted by molar-refractivity contribution is -0.141. The molecule has 1 saturated heterocycles. The van der Waals surface area contributed by atoms with E-state index in [0.29, 0.717) is 17.5 Å². The van der Waals surface area contributed by atoms with Crippen LogP contribution in [0.2, 0.25) is 0 Å². The molecule has 224 valence electrons. The van der Waals surface area contributed by atoms with Crippen molar-refractivity contribution >= 4 is 23.7 Å². The van der Waals surface area contributed by atoms with Crippen molar-refractivity contribution in [1.29, 1.82) is 0 Å². The minimum absolute atomic E-state index is 0.0590. The Bertz CT molecular complexity index is 1330. The predicted octanol–water partition coefficient (Wildman–Crippen LogP) is 2.54. The molecule has 3 amide bonds. The van der Waals surface area contributed by atoms with Gasteiger partial charge < -0.3 is 24.7 Å². The Morgan fingerprint density at radius 1 is 1.02 bits per heavy atom. The first-order valence-corrected chi connectivity index (χ1v) is 12.9. The lowest BCUT2D eigenvalue weighted by atomic mass is 9.98. The van der Waals surface area contributed by atoms with E-state index >= 15 is 0 Å². The number of aromatic nitrogens is 2. The number of hydrogen-bond acceptors (Lipinski definition) is 8. The number of alkyl carbamates (subject to hydrolysis) is 1. The molecule has 1 aliphatic rings. The minimum Gasteiger partial charge on any atom is -0.453 e. The quantitative estimate of drug-likeness (QED) is 0.427. The Balaban J connectivity index is 1.79. The summed E-state index contributed by atoms with van der Waals surface area (Å²) in [5.41, 5.74) is -0.992. The van der Waals surface area contributed by atoms with E-state index in [4.69, 9.17) is 4.42 Å². The van der Waals surface area contributed by atoms with E-state index in [-0.39, 0.29) is 18.2 Å². The molecule has 15 heteroatoms. The van der Waals surface area contributed by atoms with Gasteiger partial charge in [0, 0.05) is 6.54 Å². The van der Waals surface area contributed by atoms with Gasteiger partial charge in [0.25, 0.3) is 5.89 Å². The maximum Gasteiger partial charge on any atom is 0.442 e. The molecule has 3 rings (SSSR count). The van der Waals surface area contributed by atoms with Gasteiger partial charge in [0.2, 0.25) is 17.6 Å². The standard InChI is InChI=1S/C26H32F3N5O7/c1-13(2)18(20(35)22-32-34(25(39)41-22)16-10-8-15(9-11-16)26(27,28)29)30-21(36)17-7-6-12-33(17)23(37)19(14(3)4)31-24(38)40-5/h8-11,13-14,17-19H,6-7,12H2,1-5H3,(H,30,36)(H,31,38)/t17-,18-,19-/m0/s1. The van der Waals surface area contributed by atoms with Crippen molar-refractivity contribution in [3.05, 3.63) is 46.3 Å². The number of ketones is 1.